The number of rotatable bonds is 8. The Balaban J connectivity index is 1.79. The molecule has 0 spiro atoms. The van der Waals surface area contributed by atoms with Crippen LogP contribution in [-0.2, 0) is 29.1 Å². The molecule has 172 valence electrons. The van der Waals surface area contributed by atoms with Crippen LogP contribution >= 0.6 is 0 Å². The number of hydrogen-bond acceptors (Lipinski definition) is 5. The highest BCUT2D eigenvalue weighted by molar-refractivity contribution is 5.88. The molecule has 0 bridgehead atoms. The fourth-order valence-corrected chi connectivity index (χ4v) is 4.03. The van der Waals surface area contributed by atoms with Crippen LogP contribution in [0.25, 0.3) is 0 Å². The van der Waals surface area contributed by atoms with Gasteiger partial charge in [-0.3, -0.25) is 9.59 Å². The third kappa shape index (κ3) is 5.15. The summed E-state index contributed by atoms with van der Waals surface area (Å²) in [6.45, 7) is 4.74. The van der Waals surface area contributed by atoms with E-state index in [9.17, 15) is 9.59 Å². The maximum absolute atomic E-state index is 13.2. The van der Waals surface area contributed by atoms with E-state index in [1.165, 1.54) is 0 Å². The number of benzene rings is 2. The third-order valence-corrected chi connectivity index (χ3v) is 5.65. The minimum absolute atomic E-state index is 0.00226. The number of ether oxygens (including phenoxy) is 3. The molecule has 0 saturated heterocycles. The summed E-state index contributed by atoms with van der Waals surface area (Å²) < 4.78 is 16.2. The second kappa shape index (κ2) is 10.4. The van der Waals surface area contributed by atoms with Gasteiger partial charge in [0.25, 0.3) is 0 Å². The van der Waals surface area contributed by atoms with Crippen LogP contribution < -0.4 is 19.5 Å². The summed E-state index contributed by atoms with van der Waals surface area (Å²) >= 11 is 0. The molecule has 2 aromatic rings. The Morgan fingerprint density at radius 3 is 2.22 bits per heavy atom. The SMILES string of the molecule is COc1cc(CNC(=O)C2Cc3ccccc3CN2C(=O)CC(C)C)cc(OC)c1OC. The van der Waals surface area contributed by atoms with Gasteiger partial charge in [-0.2, -0.15) is 0 Å². The van der Waals surface area contributed by atoms with Crippen molar-refractivity contribution in [2.24, 2.45) is 5.92 Å². The number of fused-ring (bicyclic) bond motifs is 1. The van der Waals surface area contributed by atoms with Gasteiger partial charge in [0.05, 0.1) is 21.3 Å². The van der Waals surface area contributed by atoms with Gasteiger partial charge >= 0.3 is 0 Å². The molecule has 0 radical (unpaired) electrons. The van der Waals surface area contributed by atoms with Gasteiger partial charge in [-0.25, -0.2) is 0 Å². The Labute approximate surface area is 189 Å². The summed E-state index contributed by atoms with van der Waals surface area (Å²) in [5.41, 5.74) is 3.01. The lowest BCUT2D eigenvalue weighted by molar-refractivity contribution is -0.142. The van der Waals surface area contributed by atoms with E-state index in [1.807, 2.05) is 38.1 Å². The topological polar surface area (TPSA) is 77.1 Å². The van der Waals surface area contributed by atoms with Gasteiger partial charge in [-0.05, 0) is 34.7 Å². The molecule has 7 heteroatoms. The summed E-state index contributed by atoms with van der Waals surface area (Å²) in [6, 6.07) is 11.1. The number of amides is 2. The van der Waals surface area contributed by atoms with Crippen molar-refractivity contribution < 1.29 is 23.8 Å². The van der Waals surface area contributed by atoms with E-state index in [-0.39, 0.29) is 24.3 Å². The first-order chi connectivity index (χ1) is 15.4. The molecule has 0 saturated carbocycles. The lowest BCUT2D eigenvalue weighted by Crippen LogP contribution is -2.52. The van der Waals surface area contributed by atoms with Crippen LogP contribution in [0, 0.1) is 5.92 Å². The fraction of sp³-hybridized carbons (Fsp3) is 0.440. The van der Waals surface area contributed by atoms with Gasteiger partial charge in [0.2, 0.25) is 17.6 Å². The zero-order valence-corrected chi connectivity index (χ0v) is 19.4. The van der Waals surface area contributed by atoms with Gasteiger partial charge in [0.15, 0.2) is 11.5 Å². The largest absolute Gasteiger partial charge is 0.493 e. The van der Waals surface area contributed by atoms with E-state index >= 15 is 0 Å². The van der Waals surface area contributed by atoms with Crippen molar-refractivity contribution in [3.05, 3.63) is 53.1 Å². The highest BCUT2D eigenvalue weighted by Crippen LogP contribution is 2.38. The Morgan fingerprint density at radius 2 is 1.66 bits per heavy atom. The Morgan fingerprint density at radius 1 is 1.03 bits per heavy atom. The van der Waals surface area contributed by atoms with E-state index in [1.54, 1.807) is 38.4 Å². The minimum atomic E-state index is -0.543. The second-order valence-corrected chi connectivity index (χ2v) is 8.36. The number of hydrogen-bond donors (Lipinski definition) is 1. The van der Waals surface area contributed by atoms with Crippen molar-refractivity contribution in [1.29, 1.82) is 0 Å². The van der Waals surface area contributed by atoms with E-state index in [0.717, 1.165) is 16.7 Å². The predicted molar refractivity (Wildman–Crippen MR) is 122 cm³/mol. The highest BCUT2D eigenvalue weighted by Gasteiger charge is 2.34. The summed E-state index contributed by atoms with van der Waals surface area (Å²) in [4.78, 5) is 27.9. The molecule has 1 aliphatic rings. The molecule has 3 rings (SSSR count). The maximum Gasteiger partial charge on any atom is 0.243 e. The van der Waals surface area contributed by atoms with Gasteiger partial charge < -0.3 is 24.4 Å². The Kier molecular flexibility index (Phi) is 7.62. The quantitative estimate of drug-likeness (QED) is 0.681. The van der Waals surface area contributed by atoms with E-state index < -0.39 is 6.04 Å². The molecule has 2 aromatic carbocycles. The first kappa shape index (κ1) is 23.4. The molecule has 1 atom stereocenters. The van der Waals surface area contributed by atoms with Crippen LogP contribution in [0.4, 0.5) is 0 Å². The zero-order valence-electron chi connectivity index (χ0n) is 19.4. The third-order valence-electron chi connectivity index (χ3n) is 5.65. The van der Waals surface area contributed by atoms with Gasteiger partial charge in [-0.15, -0.1) is 0 Å². The van der Waals surface area contributed by atoms with E-state index in [4.69, 9.17) is 14.2 Å². The van der Waals surface area contributed by atoms with Crippen molar-refractivity contribution in [2.75, 3.05) is 21.3 Å². The Hall–Kier alpha value is -3.22. The molecule has 1 aliphatic heterocycles. The molecule has 2 amide bonds. The van der Waals surface area contributed by atoms with Crippen LogP contribution in [-0.4, -0.2) is 44.1 Å². The number of methoxy groups -OCH3 is 3. The number of carbonyl (C=O) groups excluding carboxylic acids is 2. The first-order valence-electron chi connectivity index (χ1n) is 10.8. The van der Waals surface area contributed by atoms with Crippen molar-refractivity contribution in [3.8, 4) is 17.2 Å². The van der Waals surface area contributed by atoms with Crippen LogP contribution in [0.15, 0.2) is 36.4 Å². The van der Waals surface area contributed by atoms with Gasteiger partial charge in [0.1, 0.15) is 6.04 Å². The molecular formula is C25H32N2O5. The van der Waals surface area contributed by atoms with Crippen LogP contribution in [0.1, 0.15) is 37.0 Å². The second-order valence-electron chi connectivity index (χ2n) is 8.36. The van der Waals surface area contributed by atoms with Crippen molar-refractivity contribution in [2.45, 2.75) is 45.8 Å². The average molecular weight is 441 g/mol. The fourth-order valence-electron chi connectivity index (χ4n) is 4.03. The van der Waals surface area contributed by atoms with Crippen LogP contribution in [0.5, 0.6) is 17.2 Å². The molecule has 1 unspecified atom stereocenters. The minimum Gasteiger partial charge on any atom is -0.493 e. The van der Waals surface area contributed by atoms with Crippen molar-refractivity contribution >= 4 is 11.8 Å². The van der Waals surface area contributed by atoms with Gasteiger partial charge in [0, 0.05) is 25.9 Å². The summed E-state index contributed by atoms with van der Waals surface area (Å²) in [5, 5.41) is 2.99. The van der Waals surface area contributed by atoms with Crippen LogP contribution in [0.2, 0.25) is 0 Å². The number of nitrogens with one attached hydrogen (secondary N) is 1. The predicted octanol–water partition coefficient (Wildman–Crippen LogP) is 3.33. The van der Waals surface area contributed by atoms with Crippen molar-refractivity contribution in [3.63, 3.8) is 0 Å². The monoisotopic (exact) mass is 440 g/mol. The lowest BCUT2D eigenvalue weighted by atomic mass is 9.92. The Bertz CT molecular complexity index is 948. The molecule has 0 fully saturated rings. The lowest BCUT2D eigenvalue weighted by Gasteiger charge is -2.36. The number of nitrogens with zero attached hydrogens (tertiary/aromatic N) is 1. The van der Waals surface area contributed by atoms with E-state index in [2.05, 4.69) is 5.32 Å². The maximum atomic E-state index is 13.2. The number of carbonyl (C=O) groups is 2. The van der Waals surface area contributed by atoms with Gasteiger partial charge in [-0.1, -0.05) is 38.1 Å². The van der Waals surface area contributed by atoms with Crippen LogP contribution in [0.3, 0.4) is 0 Å². The molecule has 1 N–H and O–H groups in total. The highest BCUT2D eigenvalue weighted by atomic mass is 16.5. The molecule has 0 aromatic heterocycles. The van der Waals surface area contributed by atoms with E-state index in [0.29, 0.717) is 36.6 Å². The molecule has 0 aliphatic carbocycles. The molecule has 7 nitrogen and oxygen atoms in total. The summed E-state index contributed by atoms with van der Waals surface area (Å²) in [7, 11) is 4.65. The summed E-state index contributed by atoms with van der Waals surface area (Å²) in [6.07, 6.45) is 0.917. The standard InChI is InChI=1S/C25H32N2O5/c1-16(2)10-23(28)27-15-19-9-7-6-8-18(19)13-20(27)25(29)26-14-17-11-21(30-3)24(32-5)22(12-17)31-4/h6-9,11-12,16,20H,10,13-15H2,1-5H3,(H,26,29). The summed E-state index contributed by atoms with van der Waals surface area (Å²) in [5.74, 6) is 1.60. The zero-order chi connectivity index (χ0) is 23.3. The smallest absolute Gasteiger partial charge is 0.243 e. The molecular weight excluding hydrogens is 408 g/mol. The molecule has 32 heavy (non-hydrogen) atoms. The first-order valence-corrected chi connectivity index (χ1v) is 10.8. The van der Waals surface area contributed by atoms with Crippen molar-refractivity contribution in [1.82, 2.24) is 10.2 Å². The molecule has 1 heterocycles. The average Bonchev–Trinajstić information content (AvgIpc) is 2.80. The normalized spacial score (nSPS) is 15.2.